The third-order valence-electron chi connectivity index (χ3n) is 5.52. The number of hydrogen-bond acceptors (Lipinski definition) is 5. The Morgan fingerprint density at radius 1 is 0.914 bits per heavy atom. The van der Waals surface area contributed by atoms with Crippen molar-refractivity contribution in [3.8, 4) is 34.1 Å². The maximum Gasteiger partial charge on any atom is 0.347 e. The Hall–Kier alpha value is -4.13. The summed E-state index contributed by atoms with van der Waals surface area (Å²) in [4.78, 5) is 15.8. The van der Waals surface area contributed by atoms with E-state index in [0.717, 1.165) is 28.1 Å². The summed E-state index contributed by atoms with van der Waals surface area (Å²) >= 11 is 0. The van der Waals surface area contributed by atoms with Crippen LogP contribution in [0.2, 0.25) is 0 Å². The summed E-state index contributed by atoms with van der Waals surface area (Å²) in [7, 11) is 0. The zero-order valence-corrected chi connectivity index (χ0v) is 19.7. The fourth-order valence-electron chi connectivity index (χ4n) is 3.44. The summed E-state index contributed by atoms with van der Waals surface area (Å²) < 4.78 is 30.3. The van der Waals surface area contributed by atoms with E-state index in [1.165, 1.54) is 26.0 Å². The second kappa shape index (κ2) is 10.0. The smallest absolute Gasteiger partial charge is 0.347 e. The molecule has 3 aromatic carbocycles. The first-order chi connectivity index (χ1) is 16.7. The van der Waals surface area contributed by atoms with Gasteiger partial charge in [-0.15, -0.1) is 0 Å². The molecule has 4 aromatic rings. The van der Waals surface area contributed by atoms with Crippen molar-refractivity contribution in [1.82, 2.24) is 4.98 Å². The van der Waals surface area contributed by atoms with Gasteiger partial charge in [0.25, 0.3) is 0 Å². The lowest BCUT2D eigenvalue weighted by Crippen LogP contribution is -2.37. The molecule has 0 saturated heterocycles. The van der Waals surface area contributed by atoms with E-state index >= 15 is 0 Å². The van der Waals surface area contributed by atoms with Crippen LogP contribution >= 0.6 is 0 Å². The maximum absolute atomic E-state index is 13.2. The summed E-state index contributed by atoms with van der Waals surface area (Å²) in [5.41, 5.74) is 2.26. The van der Waals surface area contributed by atoms with E-state index in [1.807, 2.05) is 31.2 Å². The lowest BCUT2D eigenvalue weighted by molar-refractivity contribution is -0.152. The van der Waals surface area contributed by atoms with Gasteiger partial charge in [-0.25, -0.2) is 14.2 Å². The number of oxazole rings is 1. The Kier molecular flexibility index (Phi) is 6.87. The molecule has 1 N–H and O–H groups in total. The topological polar surface area (TPSA) is 81.8 Å². The van der Waals surface area contributed by atoms with Crippen molar-refractivity contribution < 1.29 is 28.2 Å². The Balaban J connectivity index is 1.34. The monoisotopic (exact) mass is 475 g/mol. The van der Waals surface area contributed by atoms with Crippen LogP contribution in [0.1, 0.15) is 25.3 Å². The van der Waals surface area contributed by atoms with Crippen LogP contribution in [0.25, 0.3) is 22.6 Å². The lowest BCUT2D eigenvalue weighted by Gasteiger charge is -2.21. The molecule has 0 bridgehead atoms. The first kappa shape index (κ1) is 24.0. The van der Waals surface area contributed by atoms with Crippen LogP contribution in [-0.2, 0) is 11.2 Å². The molecule has 0 fully saturated rings. The van der Waals surface area contributed by atoms with Crippen LogP contribution in [0, 0.1) is 12.7 Å². The van der Waals surface area contributed by atoms with E-state index < -0.39 is 11.6 Å². The Labute approximate surface area is 203 Å². The number of carboxylic acids is 1. The van der Waals surface area contributed by atoms with Crippen LogP contribution in [0.5, 0.6) is 11.5 Å². The SMILES string of the molecule is Cc1oc(-c2ccc(-c3ccc(F)cc3)cc2)nc1CCOc1ccc(OC(C)(C)C(=O)O)cc1. The van der Waals surface area contributed by atoms with E-state index in [2.05, 4.69) is 4.98 Å². The first-order valence-electron chi connectivity index (χ1n) is 11.2. The quantitative estimate of drug-likeness (QED) is 0.305. The van der Waals surface area contributed by atoms with Crippen LogP contribution in [0.4, 0.5) is 4.39 Å². The minimum atomic E-state index is -1.31. The Morgan fingerprint density at radius 3 is 2.06 bits per heavy atom. The minimum Gasteiger partial charge on any atom is -0.493 e. The fraction of sp³-hybridized carbons (Fsp3) is 0.214. The molecule has 1 heterocycles. The molecular weight excluding hydrogens is 449 g/mol. The van der Waals surface area contributed by atoms with Crippen LogP contribution in [-0.4, -0.2) is 28.3 Å². The number of ether oxygens (including phenoxy) is 2. The summed E-state index contributed by atoms with van der Waals surface area (Å²) in [6.07, 6.45) is 0.563. The van der Waals surface area contributed by atoms with Gasteiger partial charge in [0.05, 0.1) is 12.3 Å². The van der Waals surface area contributed by atoms with Gasteiger partial charge in [0.2, 0.25) is 5.89 Å². The van der Waals surface area contributed by atoms with Crippen molar-refractivity contribution >= 4 is 5.97 Å². The van der Waals surface area contributed by atoms with Gasteiger partial charge in [-0.05, 0) is 80.4 Å². The normalized spacial score (nSPS) is 11.3. The number of nitrogens with zero attached hydrogens (tertiary/aromatic N) is 1. The summed E-state index contributed by atoms with van der Waals surface area (Å²) in [5, 5.41) is 9.17. The number of hydrogen-bond donors (Lipinski definition) is 1. The molecule has 0 spiro atoms. The van der Waals surface area contributed by atoms with E-state index in [9.17, 15) is 14.3 Å². The van der Waals surface area contributed by atoms with Gasteiger partial charge in [0, 0.05) is 12.0 Å². The molecule has 7 heteroatoms. The molecule has 0 aliphatic carbocycles. The summed E-state index contributed by atoms with van der Waals surface area (Å²) in [6, 6.07) is 21.0. The molecule has 0 aliphatic heterocycles. The number of aryl methyl sites for hydroxylation is 1. The number of carboxylic acid groups (broad SMARTS) is 1. The highest BCUT2D eigenvalue weighted by atomic mass is 19.1. The Morgan fingerprint density at radius 2 is 1.46 bits per heavy atom. The van der Waals surface area contributed by atoms with E-state index in [0.29, 0.717) is 30.4 Å². The average Bonchev–Trinajstić information content (AvgIpc) is 3.21. The van der Waals surface area contributed by atoms with Crippen LogP contribution in [0.15, 0.2) is 77.2 Å². The van der Waals surface area contributed by atoms with Gasteiger partial charge in [-0.1, -0.05) is 24.3 Å². The first-order valence-corrected chi connectivity index (χ1v) is 11.2. The second-order valence-electron chi connectivity index (χ2n) is 8.59. The van der Waals surface area contributed by atoms with E-state index in [1.54, 1.807) is 36.4 Å². The van der Waals surface area contributed by atoms with Crippen molar-refractivity contribution in [3.63, 3.8) is 0 Å². The summed E-state index contributed by atoms with van der Waals surface area (Å²) in [5.74, 6) is 1.05. The van der Waals surface area contributed by atoms with E-state index in [-0.39, 0.29) is 5.82 Å². The highest BCUT2D eigenvalue weighted by Crippen LogP contribution is 2.27. The molecule has 0 saturated carbocycles. The predicted octanol–water partition coefficient (Wildman–Crippen LogP) is 6.32. The lowest BCUT2D eigenvalue weighted by atomic mass is 10.0. The number of carbonyl (C=O) groups is 1. The molecule has 6 nitrogen and oxygen atoms in total. The molecule has 4 rings (SSSR count). The minimum absolute atomic E-state index is 0.261. The predicted molar refractivity (Wildman–Crippen MR) is 130 cm³/mol. The molecule has 1 aromatic heterocycles. The van der Waals surface area contributed by atoms with Crippen molar-refractivity contribution in [3.05, 3.63) is 90.1 Å². The number of halogens is 1. The molecule has 0 atom stereocenters. The van der Waals surface area contributed by atoms with Crippen molar-refractivity contribution in [2.75, 3.05) is 6.61 Å². The standard InChI is InChI=1S/C28H26FNO5/c1-18-25(16-17-33-23-12-14-24(15-13-23)35-28(2,3)27(31)32)30-26(34-18)21-6-4-19(5-7-21)20-8-10-22(29)11-9-20/h4-15H,16-17H2,1-3H3,(H,31,32). The fourth-order valence-corrected chi connectivity index (χ4v) is 3.44. The zero-order chi connectivity index (χ0) is 25.0. The average molecular weight is 476 g/mol. The number of aromatic nitrogens is 1. The summed E-state index contributed by atoms with van der Waals surface area (Å²) in [6.45, 7) is 5.26. The highest BCUT2D eigenvalue weighted by molar-refractivity contribution is 5.76. The van der Waals surface area contributed by atoms with Gasteiger partial charge in [-0.3, -0.25) is 0 Å². The molecule has 35 heavy (non-hydrogen) atoms. The second-order valence-corrected chi connectivity index (χ2v) is 8.59. The van der Waals surface area contributed by atoms with Gasteiger partial charge in [0.1, 0.15) is 23.1 Å². The molecule has 0 unspecified atom stereocenters. The van der Waals surface area contributed by atoms with Gasteiger partial charge >= 0.3 is 5.97 Å². The molecule has 0 aliphatic rings. The number of benzene rings is 3. The number of aliphatic carboxylic acids is 1. The van der Waals surface area contributed by atoms with Crippen molar-refractivity contribution in [2.45, 2.75) is 32.8 Å². The van der Waals surface area contributed by atoms with Crippen molar-refractivity contribution in [1.29, 1.82) is 0 Å². The van der Waals surface area contributed by atoms with E-state index in [4.69, 9.17) is 13.9 Å². The number of rotatable bonds is 9. The van der Waals surface area contributed by atoms with Gasteiger partial charge < -0.3 is 19.0 Å². The Bertz CT molecular complexity index is 1290. The molecule has 180 valence electrons. The maximum atomic E-state index is 13.2. The third kappa shape index (κ3) is 5.87. The molecular formula is C28H26FNO5. The van der Waals surface area contributed by atoms with Gasteiger partial charge in [-0.2, -0.15) is 0 Å². The highest BCUT2D eigenvalue weighted by Gasteiger charge is 2.29. The van der Waals surface area contributed by atoms with Crippen LogP contribution < -0.4 is 9.47 Å². The molecule has 0 radical (unpaired) electrons. The zero-order valence-electron chi connectivity index (χ0n) is 19.7. The van der Waals surface area contributed by atoms with Crippen molar-refractivity contribution in [2.24, 2.45) is 0 Å². The molecule has 0 amide bonds. The van der Waals surface area contributed by atoms with Gasteiger partial charge in [0.15, 0.2) is 5.60 Å². The third-order valence-corrected chi connectivity index (χ3v) is 5.52. The van der Waals surface area contributed by atoms with Crippen LogP contribution in [0.3, 0.4) is 0 Å². The largest absolute Gasteiger partial charge is 0.493 e.